The van der Waals surface area contributed by atoms with E-state index in [1.54, 1.807) is 7.11 Å². The topological polar surface area (TPSA) is 85.5 Å². The normalized spacial score (nSPS) is 19.2. The van der Waals surface area contributed by atoms with Gasteiger partial charge in [-0.2, -0.15) is 9.29 Å². The van der Waals surface area contributed by atoms with Crippen LogP contribution in [0.1, 0.15) is 36.0 Å². The van der Waals surface area contributed by atoms with Gasteiger partial charge in [0.2, 0.25) is 15.9 Å². The summed E-state index contributed by atoms with van der Waals surface area (Å²) in [6.45, 7) is 0.879. The summed E-state index contributed by atoms with van der Waals surface area (Å²) in [7, 11) is -1.47. The number of ether oxygens (including phenoxy) is 1. The summed E-state index contributed by atoms with van der Waals surface area (Å²) in [5.74, 6) is 1.88. The number of benzene rings is 1. The molecule has 0 atom stereocenters. The Bertz CT molecular complexity index is 839. The Balaban J connectivity index is 1.41. The van der Waals surface area contributed by atoms with Crippen molar-refractivity contribution in [3.05, 3.63) is 41.5 Å². The van der Waals surface area contributed by atoms with Crippen LogP contribution >= 0.6 is 0 Å². The largest absolute Gasteiger partial charge is 0.496 e. The minimum atomic E-state index is -3.09. The van der Waals surface area contributed by atoms with Gasteiger partial charge in [-0.05, 0) is 18.9 Å². The first-order valence-electron chi connectivity index (χ1n) is 8.01. The molecule has 2 heterocycles. The highest BCUT2D eigenvalue weighted by atomic mass is 32.2. The van der Waals surface area contributed by atoms with Crippen molar-refractivity contribution in [1.29, 1.82) is 0 Å². The van der Waals surface area contributed by atoms with Crippen molar-refractivity contribution in [3.63, 3.8) is 0 Å². The second-order valence-corrected chi connectivity index (χ2v) is 8.51. The van der Waals surface area contributed by atoms with Crippen LogP contribution in [0.2, 0.25) is 0 Å². The number of hydrogen-bond acceptors (Lipinski definition) is 6. The Kier molecular flexibility index (Phi) is 3.80. The van der Waals surface area contributed by atoms with E-state index in [-0.39, 0.29) is 11.2 Å². The van der Waals surface area contributed by atoms with E-state index in [9.17, 15) is 8.42 Å². The van der Waals surface area contributed by atoms with Crippen molar-refractivity contribution in [2.24, 2.45) is 0 Å². The first-order valence-corrected chi connectivity index (χ1v) is 9.51. The molecule has 1 aromatic heterocycles. The zero-order valence-corrected chi connectivity index (χ0v) is 14.2. The van der Waals surface area contributed by atoms with Gasteiger partial charge in [-0.25, -0.2) is 8.42 Å². The fourth-order valence-electron chi connectivity index (χ4n) is 2.90. The number of sulfonamides is 1. The fraction of sp³-hybridized carbons (Fsp3) is 0.500. The maximum absolute atomic E-state index is 12.1. The lowest BCUT2D eigenvalue weighted by Crippen LogP contribution is -2.49. The second-order valence-electron chi connectivity index (χ2n) is 6.30. The molecule has 7 nitrogen and oxygen atoms in total. The molecular weight excluding hydrogens is 330 g/mol. The van der Waals surface area contributed by atoms with Crippen LogP contribution in [0.4, 0.5) is 0 Å². The van der Waals surface area contributed by atoms with Gasteiger partial charge in [0, 0.05) is 25.1 Å². The molecule has 8 heteroatoms. The molecule has 0 spiro atoms. The standard InChI is InChI=1S/C16H19N3O4S/c1-22-14-5-3-2-4-11(14)8-15-17-16(23-18-15)12-9-19(10-12)24(20,21)13-6-7-13/h2-5,12-13H,6-10H2,1H3. The Labute approximate surface area is 140 Å². The molecule has 0 unspecified atom stereocenters. The monoisotopic (exact) mass is 349 g/mol. The van der Waals surface area contributed by atoms with Crippen LogP contribution in [0.25, 0.3) is 0 Å². The highest BCUT2D eigenvalue weighted by Crippen LogP contribution is 2.37. The van der Waals surface area contributed by atoms with Crippen molar-refractivity contribution < 1.29 is 17.7 Å². The Hall–Kier alpha value is -1.93. The predicted octanol–water partition coefficient (Wildman–Crippen LogP) is 1.56. The van der Waals surface area contributed by atoms with Gasteiger partial charge in [0.05, 0.1) is 18.3 Å². The molecule has 1 saturated carbocycles. The zero-order valence-electron chi connectivity index (χ0n) is 13.4. The Morgan fingerprint density at radius 2 is 2.04 bits per heavy atom. The van der Waals surface area contributed by atoms with Gasteiger partial charge in [-0.15, -0.1) is 0 Å². The van der Waals surface area contributed by atoms with E-state index in [0.29, 0.717) is 31.2 Å². The van der Waals surface area contributed by atoms with Crippen LogP contribution in [-0.2, 0) is 16.4 Å². The van der Waals surface area contributed by atoms with Crippen LogP contribution in [0.15, 0.2) is 28.8 Å². The van der Waals surface area contributed by atoms with Gasteiger partial charge < -0.3 is 9.26 Å². The summed E-state index contributed by atoms with van der Waals surface area (Å²) in [5.41, 5.74) is 0.985. The molecule has 0 amide bonds. The molecule has 1 aromatic carbocycles. The van der Waals surface area contributed by atoms with Gasteiger partial charge in [0.1, 0.15) is 5.75 Å². The SMILES string of the molecule is COc1ccccc1Cc1noc(C2CN(S(=O)(=O)C3CC3)C2)n1. The van der Waals surface area contributed by atoms with Crippen molar-refractivity contribution in [3.8, 4) is 5.75 Å². The maximum atomic E-state index is 12.1. The predicted molar refractivity (Wildman–Crippen MR) is 86.4 cm³/mol. The number of nitrogens with zero attached hydrogens (tertiary/aromatic N) is 3. The molecule has 0 radical (unpaired) electrons. The summed E-state index contributed by atoms with van der Waals surface area (Å²) in [6, 6.07) is 7.70. The zero-order chi connectivity index (χ0) is 16.7. The number of methoxy groups -OCH3 is 1. The molecule has 128 valence electrons. The van der Waals surface area contributed by atoms with E-state index in [1.165, 1.54) is 4.31 Å². The lowest BCUT2D eigenvalue weighted by Gasteiger charge is -2.35. The van der Waals surface area contributed by atoms with E-state index in [1.807, 2.05) is 24.3 Å². The third-order valence-corrected chi connectivity index (χ3v) is 6.86. The van der Waals surface area contributed by atoms with Gasteiger partial charge in [-0.1, -0.05) is 23.4 Å². The van der Waals surface area contributed by atoms with E-state index in [4.69, 9.17) is 9.26 Å². The summed E-state index contributed by atoms with van der Waals surface area (Å²) < 4.78 is 36.4. The van der Waals surface area contributed by atoms with Crippen LogP contribution in [-0.4, -0.2) is 48.3 Å². The summed E-state index contributed by atoms with van der Waals surface area (Å²) in [4.78, 5) is 4.43. The van der Waals surface area contributed by atoms with Crippen LogP contribution in [0.3, 0.4) is 0 Å². The van der Waals surface area contributed by atoms with Crippen molar-refractivity contribution in [2.45, 2.75) is 30.4 Å². The quantitative estimate of drug-likeness (QED) is 0.787. The summed E-state index contributed by atoms with van der Waals surface area (Å²) in [6.07, 6.45) is 2.09. The van der Waals surface area contributed by atoms with Crippen molar-refractivity contribution >= 4 is 10.0 Å². The van der Waals surface area contributed by atoms with Crippen LogP contribution < -0.4 is 4.74 Å². The second kappa shape index (κ2) is 5.86. The van der Waals surface area contributed by atoms with Crippen LogP contribution in [0.5, 0.6) is 5.75 Å². The minimum absolute atomic E-state index is 0.00237. The molecule has 1 aliphatic heterocycles. The molecule has 4 rings (SSSR count). The molecule has 24 heavy (non-hydrogen) atoms. The van der Waals surface area contributed by atoms with E-state index in [0.717, 1.165) is 24.2 Å². The Morgan fingerprint density at radius 3 is 2.75 bits per heavy atom. The summed E-state index contributed by atoms with van der Waals surface area (Å²) >= 11 is 0. The number of rotatable bonds is 6. The number of aromatic nitrogens is 2. The van der Waals surface area contributed by atoms with Crippen molar-refractivity contribution in [2.75, 3.05) is 20.2 Å². The highest BCUT2D eigenvalue weighted by Gasteiger charge is 2.46. The van der Waals surface area contributed by atoms with Gasteiger partial charge in [-0.3, -0.25) is 0 Å². The molecular formula is C16H19N3O4S. The third-order valence-electron chi connectivity index (χ3n) is 4.53. The van der Waals surface area contributed by atoms with Gasteiger partial charge in [0.25, 0.3) is 0 Å². The van der Waals surface area contributed by atoms with E-state index < -0.39 is 10.0 Å². The average molecular weight is 349 g/mol. The molecule has 2 aromatic rings. The lowest BCUT2D eigenvalue weighted by atomic mass is 10.0. The molecule has 0 N–H and O–H groups in total. The average Bonchev–Trinajstić information content (AvgIpc) is 3.29. The minimum Gasteiger partial charge on any atom is -0.496 e. The maximum Gasteiger partial charge on any atom is 0.232 e. The van der Waals surface area contributed by atoms with Gasteiger partial charge >= 0.3 is 0 Å². The van der Waals surface area contributed by atoms with Crippen molar-refractivity contribution in [1.82, 2.24) is 14.4 Å². The summed E-state index contributed by atoms with van der Waals surface area (Å²) in [5, 5.41) is 3.85. The van der Waals surface area contributed by atoms with Gasteiger partial charge in [0.15, 0.2) is 5.82 Å². The fourth-order valence-corrected chi connectivity index (χ4v) is 4.83. The first kappa shape index (κ1) is 15.6. The smallest absolute Gasteiger partial charge is 0.232 e. The first-order chi connectivity index (χ1) is 11.6. The molecule has 1 aliphatic carbocycles. The molecule has 2 aliphatic rings. The highest BCUT2D eigenvalue weighted by molar-refractivity contribution is 7.90. The van der Waals surface area contributed by atoms with Crippen LogP contribution in [0, 0.1) is 0 Å². The lowest BCUT2D eigenvalue weighted by molar-refractivity contribution is 0.216. The number of para-hydroxylation sites is 1. The molecule has 2 fully saturated rings. The Morgan fingerprint density at radius 1 is 1.29 bits per heavy atom. The van der Waals surface area contributed by atoms with E-state index in [2.05, 4.69) is 10.1 Å². The third kappa shape index (κ3) is 2.80. The molecule has 1 saturated heterocycles. The molecule has 0 bridgehead atoms. The van der Waals surface area contributed by atoms with E-state index >= 15 is 0 Å². The number of hydrogen-bond donors (Lipinski definition) is 0.